The molecule has 1 atom stereocenters. The summed E-state index contributed by atoms with van der Waals surface area (Å²) in [5, 5.41) is 3.96. The number of amides is 1. The predicted molar refractivity (Wildman–Crippen MR) is 107 cm³/mol. The number of carbonyl (C=O) groups is 1. The van der Waals surface area contributed by atoms with Gasteiger partial charge in [0.1, 0.15) is 17.5 Å². The summed E-state index contributed by atoms with van der Waals surface area (Å²) in [5.41, 5.74) is 1.97. The number of ether oxygens (including phenoxy) is 1. The maximum atomic E-state index is 12.5. The Hall–Kier alpha value is -3.74. The van der Waals surface area contributed by atoms with Crippen LogP contribution in [0.4, 0.5) is 0 Å². The van der Waals surface area contributed by atoms with Gasteiger partial charge in [-0.1, -0.05) is 25.1 Å². The largest absolute Gasteiger partial charge is 0.482 e. The second-order valence-corrected chi connectivity index (χ2v) is 6.46. The lowest BCUT2D eigenvalue weighted by atomic mass is 10.1. The van der Waals surface area contributed by atoms with E-state index in [1.54, 1.807) is 18.6 Å². The van der Waals surface area contributed by atoms with Crippen molar-refractivity contribution in [3.8, 4) is 5.75 Å². The second kappa shape index (κ2) is 8.52. The van der Waals surface area contributed by atoms with Crippen LogP contribution in [0.2, 0.25) is 0 Å². The van der Waals surface area contributed by atoms with Gasteiger partial charge in [0, 0.05) is 24.0 Å². The zero-order chi connectivity index (χ0) is 20.1. The number of nitrogens with one attached hydrogen (secondary N) is 1. The number of pyridine rings is 2. The Morgan fingerprint density at radius 2 is 1.97 bits per heavy atom. The molecule has 7 nitrogen and oxygen atoms in total. The Balaban J connectivity index is 1.42. The summed E-state index contributed by atoms with van der Waals surface area (Å²) >= 11 is 0. The molecule has 0 fully saturated rings. The number of fused-ring (bicyclic) bond motifs is 1. The summed E-state index contributed by atoms with van der Waals surface area (Å²) in [6, 6.07) is 13.2. The molecule has 146 valence electrons. The average Bonchev–Trinajstić information content (AvgIpc) is 3.25. The van der Waals surface area contributed by atoms with Crippen molar-refractivity contribution < 1.29 is 13.9 Å². The Morgan fingerprint density at radius 3 is 2.79 bits per heavy atom. The van der Waals surface area contributed by atoms with Crippen LogP contribution >= 0.6 is 0 Å². The molecule has 0 spiro atoms. The van der Waals surface area contributed by atoms with Crippen molar-refractivity contribution in [3.63, 3.8) is 0 Å². The van der Waals surface area contributed by atoms with Gasteiger partial charge in [-0.15, -0.1) is 0 Å². The number of oxazole rings is 1. The minimum atomic E-state index is -0.296. The summed E-state index contributed by atoms with van der Waals surface area (Å²) in [4.78, 5) is 25.2. The SMILES string of the molecule is CC[C@@H](NC(=O)c1coc(COc2cccc3cccnc23)n1)c1ccncc1. The quantitative estimate of drug-likeness (QED) is 0.513. The highest BCUT2D eigenvalue weighted by Crippen LogP contribution is 2.24. The Bertz CT molecular complexity index is 1110. The van der Waals surface area contributed by atoms with Gasteiger partial charge in [0.2, 0.25) is 5.89 Å². The highest BCUT2D eigenvalue weighted by atomic mass is 16.5. The van der Waals surface area contributed by atoms with E-state index < -0.39 is 0 Å². The van der Waals surface area contributed by atoms with E-state index in [0.29, 0.717) is 11.6 Å². The molecule has 0 bridgehead atoms. The highest BCUT2D eigenvalue weighted by Gasteiger charge is 2.18. The monoisotopic (exact) mass is 388 g/mol. The topological polar surface area (TPSA) is 90.1 Å². The van der Waals surface area contributed by atoms with Crippen molar-refractivity contribution in [2.45, 2.75) is 26.0 Å². The lowest BCUT2D eigenvalue weighted by molar-refractivity contribution is 0.0930. The fourth-order valence-corrected chi connectivity index (χ4v) is 3.06. The predicted octanol–water partition coefficient (Wildman–Crippen LogP) is 4.08. The van der Waals surface area contributed by atoms with Crippen molar-refractivity contribution in [1.29, 1.82) is 0 Å². The molecular formula is C22H20N4O3. The van der Waals surface area contributed by atoms with Gasteiger partial charge in [0.15, 0.2) is 12.3 Å². The number of aromatic nitrogens is 3. The minimum absolute atomic E-state index is 0.102. The lowest BCUT2D eigenvalue weighted by Crippen LogP contribution is -2.28. The van der Waals surface area contributed by atoms with Gasteiger partial charge < -0.3 is 14.5 Å². The zero-order valence-corrected chi connectivity index (χ0v) is 15.9. The van der Waals surface area contributed by atoms with Gasteiger partial charge >= 0.3 is 0 Å². The summed E-state index contributed by atoms with van der Waals surface area (Å²) in [7, 11) is 0. The van der Waals surface area contributed by atoms with E-state index in [0.717, 1.165) is 22.9 Å². The number of hydrogen-bond donors (Lipinski definition) is 1. The molecule has 1 amide bonds. The van der Waals surface area contributed by atoms with Crippen LogP contribution < -0.4 is 10.1 Å². The first-order valence-electron chi connectivity index (χ1n) is 9.36. The van der Waals surface area contributed by atoms with E-state index in [9.17, 15) is 4.79 Å². The molecule has 4 aromatic rings. The van der Waals surface area contributed by atoms with E-state index in [-0.39, 0.29) is 24.2 Å². The first kappa shape index (κ1) is 18.6. The lowest BCUT2D eigenvalue weighted by Gasteiger charge is -2.16. The smallest absolute Gasteiger partial charge is 0.273 e. The molecule has 0 aliphatic carbocycles. The van der Waals surface area contributed by atoms with Gasteiger partial charge in [-0.25, -0.2) is 4.98 Å². The molecule has 0 radical (unpaired) electrons. The van der Waals surface area contributed by atoms with Crippen molar-refractivity contribution in [3.05, 3.63) is 84.5 Å². The number of carbonyl (C=O) groups excluding carboxylic acids is 1. The standard InChI is InChI=1S/C22H20N4O3/c1-2-17(15-8-11-23-12-9-15)26-22(27)18-13-29-20(25-18)14-28-19-7-3-5-16-6-4-10-24-21(16)19/h3-13,17H,2,14H2,1H3,(H,26,27)/t17-/m1/s1. The molecule has 0 unspecified atom stereocenters. The molecule has 4 rings (SSSR count). The summed E-state index contributed by atoms with van der Waals surface area (Å²) < 4.78 is 11.2. The van der Waals surface area contributed by atoms with Crippen LogP contribution in [-0.2, 0) is 6.61 Å². The van der Waals surface area contributed by atoms with Crippen molar-refractivity contribution >= 4 is 16.8 Å². The maximum Gasteiger partial charge on any atom is 0.273 e. The van der Waals surface area contributed by atoms with Crippen LogP contribution in [0.1, 0.15) is 41.3 Å². The number of hydrogen-bond acceptors (Lipinski definition) is 6. The summed E-state index contributed by atoms with van der Waals surface area (Å²) in [6.07, 6.45) is 7.22. The van der Waals surface area contributed by atoms with Crippen molar-refractivity contribution in [2.24, 2.45) is 0 Å². The summed E-state index contributed by atoms with van der Waals surface area (Å²) in [6.45, 7) is 2.11. The molecule has 7 heteroatoms. The van der Waals surface area contributed by atoms with Gasteiger partial charge in [0.25, 0.3) is 5.91 Å². The maximum absolute atomic E-state index is 12.5. The van der Waals surface area contributed by atoms with Gasteiger partial charge in [-0.05, 0) is 36.2 Å². The van der Waals surface area contributed by atoms with Crippen molar-refractivity contribution in [1.82, 2.24) is 20.3 Å². The van der Waals surface area contributed by atoms with Gasteiger partial charge in [0.05, 0.1) is 6.04 Å². The second-order valence-electron chi connectivity index (χ2n) is 6.46. The van der Waals surface area contributed by atoms with E-state index in [2.05, 4.69) is 20.3 Å². The number of rotatable bonds is 7. The Morgan fingerprint density at radius 1 is 1.14 bits per heavy atom. The van der Waals surface area contributed by atoms with E-state index >= 15 is 0 Å². The van der Waals surface area contributed by atoms with Crippen LogP contribution in [0.3, 0.4) is 0 Å². The number of benzene rings is 1. The molecule has 1 aromatic carbocycles. The van der Waals surface area contributed by atoms with E-state index in [1.807, 2.05) is 49.4 Å². The van der Waals surface area contributed by atoms with Crippen LogP contribution in [0.25, 0.3) is 10.9 Å². The fourth-order valence-electron chi connectivity index (χ4n) is 3.06. The van der Waals surface area contributed by atoms with Crippen LogP contribution in [-0.4, -0.2) is 20.9 Å². The van der Waals surface area contributed by atoms with Gasteiger partial charge in [-0.3, -0.25) is 14.8 Å². The molecule has 3 heterocycles. The molecule has 29 heavy (non-hydrogen) atoms. The third-order valence-electron chi connectivity index (χ3n) is 4.55. The third-order valence-corrected chi connectivity index (χ3v) is 4.55. The zero-order valence-electron chi connectivity index (χ0n) is 15.9. The first-order valence-corrected chi connectivity index (χ1v) is 9.36. The normalized spacial score (nSPS) is 11.9. The molecule has 0 saturated carbocycles. The molecule has 1 N–H and O–H groups in total. The molecule has 0 saturated heterocycles. The van der Waals surface area contributed by atoms with E-state index in [4.69, 9.17) is 9.15 Å². The average molecular weight is 388 g/mol. The van der Waals surface area contributed by atoms with Crippen LogP contribution in [0.5, 0.6) is 5.75 Å². The Kier molecular flexibility index (Phi) is 5.47. The highest BCUT2D eigenvalue weighted by molar-refractivity contribution is 5.92. The van der Waals surface area contributed by atoms with Gasteiger partial charge in [-0.2, -0.15) is 0 Å². The summed E-state index contributed by atoms with van der Waals surface area (Å²) in [5.74, 6) is 0.659. The van der Waals surface area contributed by atoms with Crippen LogP contribution in [0, 0.1) is 0 Å². The first-order chi connectivity index (χ1) is 14.2. The van der Waals surface area contributed by atoms with Crippen molar-refractivity contribution in [2.75, 3.05) is 0 Å². The molecule has 3 aromatic heterocycles. The number of para-hydroxylation sites is 1. The molecular weight excluding hydrogens is 368 g/mol. The molecule has 0 aliphatic rings. The number of nitrogens with zero attached hydrogens (tertiary/aromatic N) is 3. The van der Waals surface area contributed by atoms with E-state index in [1.165, 1.54) is 6.26 Å². The fraction of sp³-hybridized carbons (Fsp3) is 0.182. The Labute approximate surface area is 167 Å². The minimum Gasteiger partial charge on any atom is -0.482 e. The molecule has 0 aliphatic heterocycles. The third kappa shape index (κ3) is 4.24. The van der Waals surface area contributed by atoms with Crippen LogP contribution in [0.15, 0.2) is 71.7 Å².